The van der Waals surface area contributed by atoms with Gasteiger partial charge in [-0.25, -0.2) is 4.98 Å². The number of carbonyl (C=O) groups excluding carboxylic acids is 2. The van der Waals surface area contributed by atoms with E-state index in [0.717, 1.165) is 21.9 Å². The summed E-state index contributed by atoms with van der Waals surface area (Å²) < 4.78 is 22.7. The molecule has 9 nitrogen and oxygen atoms in total. The van der Waals surface area contributed by atoms with Crippen molar-refractivity contribution >= 4 is 33.5 Å². The largest absolute Gasteiger partial charge is 0.497 e. The molecule has 2 aliphatic rings. The average Bonchev–Trinajstić information content (AvgIpc) is 2.95. The Balaban J connectivity index is 1.24. The highest BCUT2D eigenvalue weighted by molar-refractivity contribution is 6.03. The predicted molar refractivity (Wildman–Crippen MR) is 141 cm³/mol. The van der Waals surface area contributed by atoms with Gasteiger partial charge in [0.05, 0.1) is 26.9 Å². The zero-order valence-corrected chi connectivity index (χ0v) is 21.4. The van der Waals surface area contributed by atoms with Crippen LogP contribution in [-0.2, 0) is 0 Å². The molecule has 4 aromatic rings. The first-order valence-corrected chi connectivity index (χ1v) is 12.4. The van der Waals surface area contributed by atoms with E-state index in [1.807, 2.05) is 42.5 Å². The van der Waals surface area contributed by atoms with Gasteiger partial charge in [0.15, 0.2) is 5.72 Å². The summed E-state index contributed by atoms with van der Waals surface area (Å²) in [5, 5.41) is 5.67. The number of aromatic nitrogens is 1. The van der Waals surface area contributed by atoms with E-state index >= 15 is 0 Å². The van der Waals surface area contributed by atoms with E-state index in [0.29, 0.717) is 54.3 Å². The monoisotopic (exact) mass is 513 g/mol. The summed E-state index contributed by atoms with van der Waals surface area (Å²) in [4.78, 5) is 32.9. The topological polar surface area (TPSA) is 99.2 Å². The molecule has 9 heteroatoms. The zero-order valence-electron chi connectivity index (χ0n) is 21.4. The summed E-state index contributed by atoms with van der Waals surface area (Å²) >= 11 is 0. The summed E-state index contributed by atoms with van der Waals surface area (Å²) in [5.74, 6) is 1.97. The fourth-order valence-corrected chi connectivity index (χ4v) is 5.25. The fraction of sp³-hybridized carbons (Fsp3) is 0.276. The van der Waals surface area contributed by atoms with Crippen LogP contribution in [0.5, 0.6) is 23.0 Å². The van der Waals surface area contributed by atoms with Crippen molar-refractivity contribution in [1.82, 2.24) is 15.2 Å². The van der Waals surface area contributed by atoms with Gasteiger partial charge in [0.1, 0.15) is 34.2 Å². The number of nitrogens with zero attached hydrogens (tertiary/aromatic N) is 2. The minimum Gasteiger partial charge on any atom is -0.497 e. The Morgan fingerprint density at radius 1 is 0.947 bits per heavy atom. The lowest BCUT2D eigenvalue weighted by atomic mass is 9.95. The Kier molecular flexibility index (Phi) is 5.71. The second-order valence-corrected chi connectivity index (χ2v) is 9.47. The molecule has 38 heavy (non-hydrogen) atoms. The fourth-order valence-electron chi connectivity index (χ4n) is 5.25. The third kappa shape index (κ3) is 3.91. The van der Waals surface area contributed by atoms with Crippen LogP contribution in [0.15, 0.2) is 54.6 Å². The third-order valence-corrected chi connectivity index (χ3v) is 7.32. The van der Waals surface area contributed by atoms with Gasteiger partial charge in [-0.2, -0.15) is 0 Å². The number of ether oxygens (including phenoxy) is 4. The molecule has 0 unspecified atom stereocenters. The summed E-state index contributed by atoms with van der Waals surface area (Å²) in [5.41, 5.74) is 0.445. The van der Waals surface area contributed by atoms with Crippen LogP contribution in [0.3, 0.4) is 0 Å². The SMILES string of the molecule is COc1ccc2cc3c(cc2c1)C(=O)NC1(CCN(C(=O)c2cc(OC)c4cccc(OC)c4n2)CC1)O3. The lowest BCUT2D eigenvalue weighted by molar-refractivity contribution is -0.0245. The molecule has 3 aromatic carbocycles. The summed E-state index contributed by atoms with van der Waals surface area (Å²) in [7, 11) is 4.74. The molecule has 0 atom stereocenters. The van der Waals surface area contributed by atoms with Crippen molar-refractivity contribution in [2.45, 2.75) is 18.6 Å². The number of para-hydroxylation sites is 1. The number of likely N-dealkylation sites (tertiary alicyclic amines) is 1. The molecule has 0 bridgehead atoms. The van der Waals surface area contributed by atoms with E-state index in [4.69, 9.17) is 18.9 Å². The number of piperidine rings is 1. The van der Waals surface area contributed by atoms with Crippen molar-refractivity contribution in [3.8, 4) is 23.0 Å². The van der Waals surface area contributed by atoms with Crippen molar-refractivity contribution in [2.24, 2.45) is 0 Å². The third-order valence-electron chi connectivity index (χ3n) is 7.32. The number of nitrogens with one attached hydrogen (secondary N) is 1. The molecule has 0 radical (unpaired) electrons. The molecule has 1 N–H and O–H groups in total. The highest BCUT2D eigenvalue weighted by atomic mass is 16.5. The maximum Gasteiger partial charge on any atom is 0.272 e. The van der Waals surface area contributed by atoms with E-state index in [1.165, 1.54) is 0 Å². The molecular weight excluding hydrogens is 486 g/mol. The first-order chi connectivity index (χ1) is 18.4. The van der Waals surface area contributed by atoms with Crippen LogP contribution in [-0.4, -0.2) is 61.8 Å². The van der Waals surface area contributed by atoms with E-state index in [2.05, 4.69) is 10.3 Å². The van der Waals surface area contributed by atoms with Gasteiger partial charge in [-0.1, -0.05) is 12.1 Å². The van der Waals surface area contributed by atoms with Crippen molar-refractivity contribution < 1.29 is 28.5 Å². The minimum absolute atomic E-state index is 0.191. The summed E-state index contributed by atoms with van der Waals surface area (Å²) in [6.07, 6.45) is 0.886. The van der Waals surface area contributed by atoms with Crippen LogP contribution in [0.25, 0.3) is 21.7 Å². The van der Waals surface area contributed by atoms with Crippen molar-refractivity contribution in [3.63, 3.8) is 0 Å². The number of hydrogen-bond donors (Lipinski definition) is 1. The van der Waals surface area contributed by atoms with Crippen molar-refractivity contribution in [3.05, 3.63) is 65.9 Å². The van der Waals surface area contributed by atoms with E-state index in [-0.39, 0.29) is 17.5 Å². The maximum absolute atomic E-state index is 13.5. The second-order valence-electron chi connectivity index (χ2n) is 9.47. The van der Waals surface area contributed by atoms with Crippen LogP contribution in [0.1, 0.15) is 33.7 Å². The minimum atomic E-state index is -0.876. The molecule has 2 aliphatic heterocycles. The van der Waals surface area contributed by atoms with E-state index in [9.17, 15) is 9.59 Å². The number of fused-ring (bicyclic) bond motifs is 3. The number of benzene rings is 3. The van der Waals surface area contributed by atoms with Crippen LogP contribution >= 0.6 is 0 Å². The maximum atomic E-state index is 13.5. The quantitative estimate of drug-likeness (QED) is 0.437. The molecule has 194 valence electrons. The number of amides is 2. The van der Waals surface area contributed by atoms with Crippen LogP contribution < -0.4 is 24.3 Å². The number of pyridine rings is 1. The van der Waals surface area contributed by atoms with Gasteiger partial charge >= 0.3 is 0 Å². The molecule has 3 heterocycles. The Labute approximate surface area is 219 Å². The summed E-state index contributed by atoms with van der Waals surface area (Å²) in [6.45, 7) is 0.792. The highest BCUT2D eigenvalue weighted by Crippen LogP contribution is 2.37. The Bertz CT molecular complexity index is 1590. The van der Waals surface area contributed by atoms with Crippen molar-refractivity contribution in [2.75, 3.05) is 34.4 Å². The molecule has 2 amide bonds. The van der Waals surface area contributed by atoms with Gasteiger partial charge in [-0.3, -0.25) is 9.59 Å². The lowest BCUT2D eigenvalue weighted by Crippen LogP contribution is -2.61. The predicted octanol–water partition coefficient (Wildman–Crippen LogP) is 4.17. The van der Waals surface area contributed by atoms with Gasteiger partial charge in [-0.05, 0) is 47.2 Å². The normalized spacial score (nSPS) is 16.1. The highest BCUT2D eigenvalue weighted by Gasteiger charge is 2.43. The van der Waals surface area contributed by atoms with Gasteiger partial charge in [0.2, 0.25) is 0 Å². The van der Waals surface area contributed by atoms with E-state index < -0.39 is 5.72 Å². The van der Waals surface area contributed by atoms with Gasteiger partial charge < -0.3 is 29.2 Å². The van der Waals surface area contributed by atoms with Crippen LogP contribution in [0.4, 0.5) is 0 Å². The molecule has 0 aliphatic carbocycles. The molecule has 6 rings (SSSR count). The first kappa shape index (κ1) is 23.8. The number of hydrogen-bond acceptors (Lipinski definition) is 7. The van der Waals surface area contributed by atoms with Gasteiger partial charge in [0.25, 0.3) is 11.8 Å². The summed E-state index contributed by atoms with van der Waals surface area (Å²) in [6, 6.07) is 16.6. The molecule has 1 saturated heterocycles. The second kappa shape index (κ2) is 9.09. The molecule has 1 fully saturated rings. The Morgan fingerprint density at radius 2 is 1.74 bits per heavy atom. The number of rotatable bonds is 4. The molecular formula is C29H27N3O6. The van der Waals surface area contributed by atoms with Crippen molar-refractivity contribution in [1.29, 1.82) is 0 Å². The van der Waals surface area contributed by atoms with Crippen LogP contribution in [0, 0.1) is 0 Å². The number of carbonyl (C=O) groups is 2. The standard InChI is InChI=1S/C29H27N3O6/c1-35-19-8-7-17-15-25-21(14-18(17)13-19)27(33)31-29(38-25)9-11-32(12-10-29)28(34)22-16-24(37-3)20-5-4-6-23(36-2)26(20)30-22/h4-8,13-16H,9-12H2,1-3H3,(H,31,33). The molecule has 1 spiro atoms. The van der Waals surface area contributed by atoms with Gasteiger partial charge in [-0.15, -0.1) is 0 Å². The van der Waals surface area contributed by atoms with Gasteiger partial charge in [0, 0.05) is 37.4 Å². The Hall–Kier alpha value is -4.53. The zero-order chi connectivity index (χ0) is 26.4. The Morgan fingerprint density at radius 3 is 2.47 bits per heavy atom. The smallest absolute Gasteiger partial charge is 0.272 e. The number of methoxy groups -OCH3 is 3. The average molecular weight is 514 g/mol. The molecule has 0 saturated carbocycles. The lowest BCUT2D eigenvalue weighted by Gasteiger charge is -2.44. The van der Waals surface area contributed by atoms with E-state index in [1.54, 1.807) is 38.4 Å². The molecule has 1 aromatic heterocycles. The van der Waals surface area contributed by atoms with Crippen LogP contribution in [0.2, 0.25) is 0 Å². The first-order valence-electron chi connectivity index (χ1n) is 12.4.